The Morgan fingerprint density at radius 2 is 2.38 bits per heavy atom. The van der Waals surface area contributed by atoms with Crippen molar-refractivity contribution >= 4 is 11.9 Å². The zero-order chi connectivity index (χ0) is 9.84. The number of rotatable bonds is 3. The molecule has 4 nitrogen and oxygen atoms in total. The Kier molecular flexibility index (Phi) is 3.28. The van der Waals surface area contributed by atoms with Gasteiger partial charge in [-0.05, 0) is 6.42 Å². The number of carbonyl (C=O) groups excluding carboxylic acids is 2. The standard InChI is InChI=1S/C9H14O4/c1-6(2)9(11)12-5-7-3-4-8(10)13-7/h6-7H,3-5H2,1-2H3. The van der Waals surface area contributed by atoms with Gasteiger partial charge in [0.1, 0.15) is 12.7 Å². The molecule has 0 aromatic carbocycles. The summed E-state index contributed by atoms with van der Waals surface area (Å²) in [6.45, 7) is 3.73. The normalized spacial score (nSPS) is 21.8. The van der Waals surface area contributed by atoms with Gasteiger partial charge in [-0.2, -0.15) is 0 Å². The van der Waals surface area contributed by atoms with Crippen LogP contribution in [0.15, 0.2) is 0 Å². The summed E-state index contributed by atoms with van der Waals surface area (Å²) in [6, 6.07) is 0. The molecule has 1 atom stereocenters. The van der Waals surface area contributed by atoms with E-state index in [2.05, 4.69) is 0 Å². The van der Waals surface area contributed by atoms with Gasteiger partial charge in [-0.25, -0.2) is 0 Å². The van der Waals surface area contributed by atoms with E-state index in [1.165, 1.54) is 0 Å². The second-order valence-electron chi connectivity index (χ2n) is 3.44. The number of carbonyl (C=O) groups is 2. The molecule has 0 saturated carbocycles. The third-order valence-electron chi connectivity index (χ3n) is 1.85. The Labute approximate surface area is 77.2 Å². The average molecular weight is 186 g/mol. The van der Waals surface area contributed by atoms with Crippen molar-refractivity contribution in [1.29, 1.82) is 0 Å². The van der Waals surface area contributed by atoms with Crippen LogP contribution in [0.4, 0.5) is 0 Å². The van der Waals surface area contributed by atoms with Crippen molar-refractivity contribution in [2.75, 3.05) is 6.61 Å². The lowest BCUT2D eigenvalue weighted by Crippen LogP contribution is -2.21. The van der Waals surface area contributed by atoms with Crippen molar-refractivity contribution in [2.45, 2.75) is 32.8 Å². The molecule has 1 aliphatic rings. The van der Waals surface area contributed by atoms with Crippen LogP contribution < -0.4 is 0 Å². The highest BCUT2D eigenvalue weighted by atomic mass is 16.6. The molecule has 1 aliphatic heterocycles. The largest absolute Gasteiger partial charge is 0.462 e. The van der Waals surface area contributed by atoms with E-state index in [0.29, 0.717) is 12.8 Å². The zero-order valence-corrected chi connectivity index (χ0v) is 7.91. The van der Waals surface area contributed by atoms with E-state index in [9.17, 15) is 9.59 Å². The summed E-state index contributed by atoms with van der Waals surface area (Å²) >= 11 is 0. The van der Waals surface area contributed by atoms with Crippen molar-refractivity contribution in [2.24, 2.45) is 5.92 Å². The third kappa shape index (κ3) is 3.05. The van der Waals surface area contributed by atoms with Crippen molar-refractivity contribution in [3.8, 4) is 0 Å². The van der Waals surface area contributed by atoms with Gasteiger partial charge in [-0.15, -0.1) is 0 Å². The minimum Gasteiger partial charge on any atom is -0.462 e. The minimum atomic E-state index is -0.247. The molecular weight excluding hydrogens is 172 g/mol. The van der Waals surface area contributed by atoms with Crippen LogP contribution in [0.5, 0.6) is 0 Å². The molecule has 74 valence electrons. The first kappa shape index (κ1) is 10.0. The van der Waals surface area contributed by atoms with Crippen LogP contribution in [-0.4, -0.2) is 24.6 Å². The van der Waals surface area contributed by atoms with Crippen LogP contribution in [0.3, 0.4) is 0 Å². The molecule has 0 N–H and O–H groups in total. The molecule has 0 bridgehead atoms. The van der Waals surface area contributed by atoms with Crippen LogP contribution in [0.2, 0.25) is 0 Å². The summed E-state index contributed by atoms with van der Waals surface area (Å²) in [7, 11) is 0. The fraction of sp³-hybridized carbons (Fsp3) is 0.778. The molecule has 4 heteroatoms. The van der Waals surface area contributed by atoms with Gasteiger partial charge in [-0.1, -0.05) is 13.8 Å². The van der Waals surface area contributed by atoms with E-state index in [4.69, 9.17) is 9.47 Å². The van der Waals surface area contributed by atoms with E-state index >= 15 is 0 Å². The number of esters is 2. The minimum absolute atomic E-state index is 0.128. The lowest BCUT2D eigenvalue weighted by molar-refractivity contribution is -0.155. The Morgan fingerprint density at radius 3 is 2.85 bits per heavy atom. The lowest BCUT2D eigenvalue weighted by Gasteiger charge is -2.11. The summed E-state index contributed by atoms with van der Waals surface area (Å²) < 4.78 is 9.79. The second-order valence-corrected chi connectivity index (χ2v) is 3.44. The molecule has 0 spiro atoms. The third-order valence-corrected chi connectivity index (χ3v) is 1.85. The predicted octanol–water partition coefficient (Wildman–Crippen LogP) is 0.891. The van der Waals surface area contributed by atoms with Gasteiger partial charge in [-0.3, -0.25) is 9.59 Å². The maximum Gasteiger partial charge on any atom is 0.308 e. The Hall–Kier alpha value is -1.06. The monoisotopic (exact) mass is 186 g/mol. The van der Waals surface area contributed by atoms with E-state index in [1.54, 1.807) is 13.8 Å². The molecule has 0 aliphatic carbocycles. The smallest absolute Gasteiger partial charge is 0.308 e. The van der Waals surface area contributed by atoms with Gasteiger partial charge in [0, 0.05) is 6.42 Å². The Balaban J connectivity index is 2.19. The van der Waals surface area contributed by atoms with Crippen molar-refractivity contribution < 1.29 is 19.1 Å². The van der Waals surface area contributed by atoms with Gasteiger partial charge < -0.3 is 9.47 Å². The van der Waals surface area contributed by atoms with Crippen LogP contribution in [-0.2, 0) is 19.1 Å². The van der Waals surface area contributed by atoms with E-state index in [0.717, 1.165) is 0 Å². The first-order valence-electron chi connectivity index (χ1n) is 4.45. The van der Waals surface area contributed by atoms with E-state index < -0.39 is 0 Å². The SMILES string of the molecule is CC(C)C(=O)OCC1CCC(=O)O1. The molecule has 0 aromatic heterocycles. The summed E-state index contributed by atoms with van der Waals surface area (Å²) in [4.78, 5) is 21.7. The molecule has 0 amide bonds. The van der Waals surface area contributed by atoms with Crippen LogP contribution in [0.1, 0.15) is 26.7 Å². The summed E-state index contributed by atoms with van der Waals surface area (Å²) in [5, 5.41) is 0. The van der Waals surface area contributed by atoms with Crippen molar-refractivity contribution in [1.82, 2.24) is 0 Å². The highest BCUT2D eigenvalue weighted by molar-refractivity contribution is 5.72. The van der Waals surface area contributed by atoms with Crippen molar-refractivity contribution in [3.05, 3.63) is 0 Å². The van der Waals surface area contributed by atoms with Gasteiger partial charge in [0.15, 0.2) is 0 Å². The van der Waals surface area contributed by atoms with E-state index in [-0.39, 0.29) is 30.6 Å². The maximum atomic E-state index is 11.0. The van der Waals surface area contributed by atoms with Gasteiger partial charge in [0.25, 0.3) is 0 Å². The van der Waals surface area contributed by atoms with Crippen molar-refractivity contribution in [3.63, 3.8) is 0 Å². The number of hydrogen-bond acceptors (Lipinski definition) is 4. The zero-order valence-electron chi connectivity index (χ0n) is 7.91. The molecule has 1 saturated heterocycles. The number of ether oxygens (including phenoxy) is 2. The topological polar surface area (TPSA) is 52.6 Å². The molecule has 1 unspecified atom stereocenters. The molecule has 1 fully saturated rings. The van der Waals surface area contributed by atoms with Gasteiger partial charge in [0.05, 0.1) is 5.92 Å². The fourth-order valence-corrected chi connectivity index (χ4v) is 1.04. The highest BCUT2D eigenvalue weighted by Gasteiger charge is 2.24. The Bertz CT molecular complexity index is 210. The van der Waals surface area contributed by atoms with Crippen LogP contribution in [0.25, 0.3) is 0 Å². The van der Waals surface area contributed by atoms with Gasteiger partial charge >= 0.3 is 11.9 Å². The first-order chi connectivity index (χ1) is 6.09. The average Bonchev–Trinajstić information content (AvgIpc) is 2.47. The second kappa shape index (κ2) is 4.25. The molecule has 13 heavy (non-hydrogen) atoms. The van der Waals surface area contributed by atoms with Crippen LogP contribution >= 0.6 is 0 Å². The van der Waals surface area contributed by atoms with Crippen LogP contribution in [0, 0.1) is 5.92 Å². The molecular formula is C9H14O4. The summed E-state index contributed by atoms with van der Waals surface area (Å²) in [5.74, 6) is -0.578. The molecule has 1 rings (SSSR count). The first-order valence-corrected chi connectivity index (χ1v) is 4.45. The number of cyclic esters (lactones) is 1. The highest BCUT2D eigenvalue weighted by Crippen LogP contribution is 2.14. The van der Waals surface area contributed by atoms with Gasteiger partial charge in [0.2, 0.25) is 0 Å². The van der Waals surface area contributed by atoms with E-state index in [1.807, 2.05) is 0 Å². The molecule has 1 heterocycles. The molecule has 0 radical (unpaired) electrons. The Morgan fingerprint density at radius 1 is 1.69 bits per heavy atom. The predicted molar refractivity (Wildman–Crippen MR) is 44.9 cm³/mol. The number of hydrogen-bond donors (Lipinski definition) is 0. The molecule has 0 aromatic rings. The maximum absolute atomic E-state index is 11.0. The summed E-state index contributed by atoms with van der Waals surface area (Å²) in [5.41, 5.74) is 0. The fourth-order valence-electron chi connectivity index (χ4n) is 1.04. The quantitative estimate of drug-likeness (QED) is 0.614. The lowest BCUT2D eigenvalue weighted by atomic mass is 10.2. The summed E-state index contributed by atoms with van der Waals surface area (Å²) in [6.07, 6.45) is 0.865.